The first kappa shape index (κ1) is 15.1. The van der Waals surface area contributed by atoms with Crippen molar-refractivity contribution in [2.24, 2.45) is 0 Å². The van der Waals surface area contributed by atoms with E-state index in [0.29, 0.717) is 13.0 Å². The monoisotopic (exact) mass is 306 g/mol. The molecule has 0 bridgehead atoms. The zero-order chi connectivity index (χ0) is 15.0. The lowest BCUT2D eigenvalue weighted by Crippen LogP contribution is -2.40. The standard InChI is InChI=1S/C12H16F2N2O3S/c1-12(5-2-6-19-12)7-16-20(17,18)9-4-3-8(13)11(15)10(9)14/h3-4,16H,2,5-7,15H2,1H3. The first-order valence-electron chi connectivity index (χ1n) is 6.12. The number of anilines is 1. The number of nitrogens with two attached hydrogens (primary N) is 1. The summed E-state index contributed by atoms with van der Waals surface area (Å²) in [5.74, 6) is -2.28. The van der Waals surface area contributed by atoms with Crippen LogP contribution in [-0.4, -0.2) is 27.2 Å². The molecule has 112 valence electrons. The van der Waals surface area contributed by atoms with Crippen molar-refractivity contribution in [1.82, 2.24) is 4.72 Å². The molecule has 0 aromatic heterocycles. The summed E-state index contributed by atoms with van der Waals surface area (Å²) in [5.41, 5.74) is 3.75. The van der Waals surface area contributed by atoms with Crippen LogP contribution in [0.1, 0.15) is 19.8 Å². The predicted octanol–water partition coefficient (Wildman–Crippen LogP) is 1.39. The van der Waals surface area contributed by atoms with Crippen LogP contribution < -0.4 is 10.5 Å². The van der Waals surface area contributed by atoms with E-state index in [-0.39, 0.29) is 6.54 Å². The highest BCUT2D eigenvalue weighted by atomic mass is 32.2. The maximum atomic E-state index is 13.7. The van der Waals surface area contributed by atoms with Crippen LogP contribution in [0, 0.1) is 11.6 Å². The van der Waals surface area contributed by atoms with Crippen molar-refractivity contribution >= 4 is 15.7 Å². The number of rotatable bonds is 4. The molecular formula is C12H16F2N2O3S. The fourth-order valence-electron chi connectivity index (χ4n) is 2.06. The first-order valence-corrected chi connectivity index (χ1v) is 7.61. The van der Waals surface area contributed by atoms with Crippen LogP contribution in [0.5, 0.6) is 0 Å². The van der Waals surface area contributed by atoms with Crippen molar-refractivity contribution < 1.29 is 21.9 Å². The molecule has 20 heavy (non-hydrogen) atoms. The molecule has 8 heteroatoms. The van der Waals surface area contributed by atoms with Gasteiger partial charge < -0.3 is 10.5 Å². The molecule has 2 rings (SSSR count). The molecule has 0 spiro atoms. The first-order chi connectivity index (χ1) is 9.25. The Labute approximate surface area is 116 Å². The third kappa shape index (κ3) is 2.92. The number of hydrogen-bond acceptors (Lipinski definition) is 4. The van der Waals surface area contributed by atoms with Crippen molar-refractivity contribution in [2.75, 3.05) is 18.9 Å². The van der Waals surface area contributed by atoms with Crippen LogP contribution >= 0.6 is 0 Å². The minimum atomic E-state index is -4.11. The van der Waals surface area contributed by atoms with E-state index in [1.54, 1.807) is 6.92 Å². The van der Waals surface area contributed by atoms with Gasteiger partial charge in [0.25, 0.3) is 0 Å². The van der Waals surface area contributed by atoms with E-state index in [9.17, 15) is 17.2 Å². The van der Waals surface area contributed by atoms with E-state index < -0.39 is 37.8 Å². The highest BCUT2D eigenvalue weighted by Crippen LogP contribution is 2.26. The summed E-state index contributed by atoms with van der Waals surface area (Å²) in [6, 6.07) is 1.67. The van der Waals surface area contributed by atoms with Gasteiger partial charge in [-0.05, 0) is 31.9 Å². The quantitative estimate of drug-likeness (QED) is 0.824. The lowest BCUT2D eigenvalue weighted by atomic mass is 10.0. The van der Waals surface area contributed by atoms with Crippen molar-refractivity contribution in [3.63, 3.8) is 0 Å². The van der Waals surface area contributed by atoms with Crippen molar-refractivity contribution in [3.8, 4) is 0 Å². The Kier molecular flexibility index (Phi) is 3.99. The highest BCUT2D eigenvalue weighted by molar-refractivity contribution is 7.89. The number of nitrogen functional groups attached to an aromatic ring is 1. The molecule has 0 aliphatic carbocycles. The minimum Gasteiger partial charge on any atom is -0.394 e. The van der Waals surface area contributed by atoms with E-state index in [0.717, 1.165) is 18.6 Å². The summed E-state index contributed by atoms with van der Waals surface area (Å²) < 4.78 is 58.6. The van der Waals surface area contributed by atoms with Gasteiger partial charge in [-0.3, -0.25) is 0 Å². The number of hydrogen-bond donors (Lipinski definition) is 2. The molecule has 1 atom stereocenters. The van der Waals surface area contributed by atoms with E-state index >= 15 is 0 Å². The lowest BCUT2D eigenvalue weighted by molar-refractivity contribution is 0.0250. The van der Waals surface area contributed by atoms with E-state index in [2.05, 4.69) is 4.72 Å². The van der Waals surface area contributed by atoms with Crippen LogP contribution in [0.2, 0.25) is 0 Å². The average Bonchev–Trinajstić information content (AvgIpc) is 2.81. The highest BCUT2D eigenvalue weighted by Gasteiger charge is 2.32. The van der Waals surface area contributed by atoms with Gasteiger partial charge in [0.2, 0.25) is 10.0 Å². The number of halogens is 2. The van der Waals surface area contributed by atoms with Crippen molar-refractivity contribution in [2.45, 2.75) is 30.3 Å². The van der Waals surface area contributed by atoms with Gasteiger partial charge >= 0.3 is 0 Å². The predicted molar refractivity (Wildman–Crippen MR) is 69.5 cm³/mol. The van der Waals surface area contributed by atoms with Crippen molar-refractivity contribution in [3.05, 3.63) is 23.8 Å². The Morgan fingerprint density at radius 1 is 1.45 bits per heavy atom. The molecule has 1 aromatic carbocycles. The normalized spacial score (nSPS) is 23.1. The molecule has 1 fully saturated rings. The largest absolute Gasteiger partial charge is 0.394 e. The molecule has 0 amide bonds. The molecule has 1 aromatic rings. The molecule has 3 N–H and O–H groups in total. The third-order valence-electron chi connectivity index (χ3n) is 3.32. The fraction of sp³-hybridized carbons (Fsp3) is 0.500. The SMILES string of the molecule is CC1(CNS(=O)(=O)c2ccc(F)c(N)c2F)CCCO1. The molecule has 5 nitrogen and oxygen atoms in total. The fourth-order valence-corrected chi connectivity index (χ4v) is 3.30. The summed E-state index contributed by atoms with van der Waals surface area (Å²) >= 11 is 0. The molecule has 1 heterocycles. The Hall–Kier alpha value is -1.25. The topological polar surface area (TPSA) is 81.4 Å². The maximum absolute atomic E-state index is 13.7. The van der Waals surface area contributed by atoms with E-state index in [1.165, 1.54) is 0 Å². The zero-order valence-corrected chi connectivity index (χ0v) is 11.8. The van der Waals surface area contributed by atoms with Gasteiger partial charge in [-0.15, -0.1) is 0 Å². The van der Waals surface area contributed by atoms with Gasteiger partial charge in [-0.1, -0.05) is 0 Å². The van der Waals surface area contributed by atoms with Gasteiger partial charge in [-0.25, -0.2) is 21.9 Å². The van der Waals surface area contributed by atoms with Gasteiger partial charge in [0.15, 0.2) is 5.82 Å². The van der Waals surface area contributed by atoms with Crippen molar-refractivity contribution in [1.29, 1.82) is 0 Å². The third-order valence-corrected chi connectivity index (χ3v) is 4.74. The summed E-state index contributed by atoms with van der Waals surface area (Å²) in [5, 5.41) is 0. The zero-order valence-electron chi connectivity index (χ0n) is 10.9. The Morgan fingerprint density at radius 2 is 2.15 bits per heavy atom. The number of benzene rings is 1. The molecule has 1 aliphatic heterocycles. The number of nitrogens with one attached hydrogen (secondary N) is 1. The minimum absolute atomic E-state index is 0.0199. The maximum Gasteiger partial charge on any atom is 0.243 e. The van der Waals surface area contributed by atoms with Crippen LogP contribution in [0.15, 0.2) is 17.0 Å². The van der Waals surface area contributed by atoms with Crippen LogP contribution in [0.25, 0.3) is 0 Å². The van der Waals surface area contributed by atoms with Gasteiger partial charge in [0.1, 0.15) is 16.4 Å². The second-order valence-corrected chi connectivity index (χ2v) is 6.74. The molecule has 1 aliphatic rings. The van der Waals surface area contributed by atoms with Gasteiger partial charge in [0.05, 0.1) is 5.60 Å². The number of sulfonamides is 1. The van der Waals surface area contributed by atoms with Gasteiger partial charge in [0, 0.05) is 13.2 Å². The Balaban J connectivity index is 2.21. The van der Waals surface area contributed by atoms with Crippen LogP contribution in [0.4, 0.5) is 14.5 Å². The summed E-state index contributed by atoms with van der Waals surface area (Å²) in [6.07, 6.45) is 1.56. The summed E-state index contributed by atoms with van der Waals surface area (Å²) in [6.45, 7) is 2.36. The van der Waals surface area contributed by atoms with E-state index in [1.807, 2.05) is 0 Å². The van der Waals surface area contributed by atoms with E-state index in [4.69, 9.17) is 10.5 Å². The summed E-state index contributed by atoms with van der Waals surface area (Å²) in [7, 11) is -4.11. The second-order valence-electron chi connectivity index (χ2n) is 5.00. The summed E-state index contributed by atoms with van der Waals surface area (Å²) in [4.78, 5) is -0.669. The molecule has 0 radical (unpaired) electrons. The van der Waals surface area contributed by atoms with Crippen LogP contribution in [0.3, 0.4) is 0 Å². The molecule has 0 saturated carbocycles. The second kappa shape index (κ2) is 5.27. The Morgan fingerprint density at radius 3 is 2.75 bits per heavy atom. The molecule has 1 unspecified atom stereocenters. The smallest absolute Gasteiger partial charge is 0.243 e. The average molecular weight is 306 g/mol. The van der Waals surface area contributed by atoms with Crippen LogP contribution in [-0.2, 0) is 14.8 Å². The van der Waals surface area contributed by atoms with Gasteiger partial charge in [-0.2, -0.15) is 0 Å². The Bertz CT molecular complexity index is 613. The lowest BCUT2D eigenvalue weighted by Gasteiger charge is -2.23. The molecule has 1 saturated heterocycles. The number of ether oxygens (including phenoxy) is 1. The molecular weight excluding hydrogens is 290 g/mol.